The third-order valence-electron chi connectivity index (χ3n) is 5.50. The van der Waals surface area contributed by atoms with Crippen LogP contribution >= 0.6 is 0 Å². The van der Waals surface area contributed by atoms with Gasteiger partial charge in [0.15, 0.2) is 0 Å². The average Bonchev–Trinajstić information content (AvgIpc) is 2.66. The number of amides is 2. The number of ether oxygens (including phenoxy) is 1. The molecule has 2 amide bonds. The predicted molar refractivity (Wildman–Crippen MR) is 101 cm³/mol. The van der Waals surface area contributed by atoms with Crippen LogP contribution in [0.25, 0.3) is 0 Å². The van der Waals surface area contributed by atoms with Crippen molar-refractivity contribution in [3.05, 3.63) is 29.3 Å². The van der Waals surface area contributed by atoms with E-state index in [0.29, 0.717) is 32.8 Å². The third kappa shape index (κ3) is 4.62. The lowest BCUT2D eigenvalue weighted by atomic mass is 9.98. The van der Waals surface area contributed by atoms with E-state index in [0.717, 1.165) is 37.2 Å². The highest BCUT2D eigenvalue weighted by Crippen LogP contribution is 2.19. The topological polar surface area (TPSA) is 61.9 Å². The molecular formula is C20H29N3O3. The maximum absolute atomic E-state index is 12.6. The summed E-state index contributed by atoms with van der Waals surface area (Å²) >= 11 is 0. The minimum Gasteiger partial charge on any atom is -0.381 e. The molecule has 0 aromatic heterocycles. The summed E-state index contributed by atoms with van der Waals surface area (Å²) in [4.78, 5) is 29.0. The summed E-state index contributed by atoms with van der Waals surface area (Å²) in [5, 5.41) is 3.01. The second kappa shape index (κ2) is 8.64. The first-order valence-electron chi connectivity index (χ1n) is 9.49. The van der Waals surface area contributed by atoms with Crippen molar-refractivity contribution in [1.29, 1.82) is 0 Å². The molecule has 0 spiro atoms. The summed E-state index contributed by atoms with van der Waals surface area (Å²) in [6, 6.07) is 5.93. The van der Waals surface area contributed by atoms with E-state index < -0.39 is 0 Å². The number of anilines is 1. The lowest BCUT2D eigenvalue weighted by Crippen LogP contribution is -2.52. The van der Waals surface area contributed by atoms with Crippen LogP contribution in [0.15, 0.2) is 18.2 Å². The SMILES string of the molecule is Cc1cccc(NC(=O)CN2CCN(C(=O)C3CCOCC3)CC2)c1C. The quantitative estimate of drug-likeness (QED) is 0.891. The van der Waals surface area contributed by atoms with Crippen LogP contribution in [0.3, 0.4) is 0 Å². The van der Waals surface area contributed by atoms with Gasteiger partial charge in [-0.1, -0.05) is 12.1 Å². The Kier molecular flexibility index (Phi) is 6.27. The van der Waals surface area contributed by atoms with Crippen LogP contribution in [-0.2, 0) is 14.3 Å². The van der Waals surface area contributed by atoms with Crippen molar-refractivity contribution < 1.29 is 14.3 Å². The van der Waals surface area contributed by atoms with Gasteiger partial charge in [-0.15, -0.1) is 0 Å². The first kappa shape index (κ1) is 18.9. The van der Waals surface area contributed by atoms with Crippen LogP contribution in [0, 0.1) is 19.8 Å². The number of nitrogens with zero attached hydrogens (tertiary/aromatic N) is 2. The van der Waals surface area contributed by atoms with E-state index in [2.05, 4.69) is 10.2 Å². The van der Waals surface area contributed by atoms with Gasteiger partial charge in [0.05, 0.1) is 6.54 Å². The van der Waals surface area contributed by atoms with Gasteiger partial charge in [0.2, 0.25) is 11.8 Å². The smallest absolute Gasteiger partial charge is 0.238 e. The summed E-state index contributed by atoms with van der Waals surface area (Å²) in [5.74, 6) is 0.374. The van der Waals surface area contributed by atoms with Crippen LogP contribution in [0.4, 0.5) is 5.69 Å². The maximum Gasteiger partial charge on any atom is 0.238 e. The summed E-state index contributed by atoms with van der Waals surface area (Å²) < 4.78 is 5.34. The highest BCUT2D eigenvalue weighted by Gasteiger charge is 2.29. The fourth-order valence-corrected chi connectivity index (χ4v) is 3.61. The standard InChI is InChI=1S/C20H29N3O3/c1-15-4-3-5-18(16(15)2)21-19(24)14-22-8-10-23(11-9-22)20(25)17-6-12-26-13-7-17/h3-5,17H,6-14H2,1-2H3,(H,21,24). The predicted octanol–water partition coefficient (Wildman–Crippen LogP) is 1.81. The number of aryl methyl sites for hydroxylation is 1. The molecule has 2 aliphatic rings. The van der Waals surface area contributed by atoms with Crippen molar-refractivity contribution in [2.24, 2.45) is 5.92 Å². The van der Waals surface area contributed by atoms with Crippen LogP contribution in [0.2, 0.25) is 0 Å². The molecule has 2 heterocycles. The average molecular weight is 359 g/mol. The molecule has 0 saturated carbocycles. The van der Waals surface area contributed by atoms with Crippen LogP contribution < -0.4 is 5.32 Å². The number of piperazine rings is 1. The van der Waals surface area contributed by atoms with Gasteiger partial charge in [0, 0.05) is 51.0 Å². The Bertz CT molecular complexity index is 648. The normalized spacial score (nSPS) is 19.4. The molecule has 3 rings (SSSR count). The Morgan fingerprint density at radius 3 is 2.50 bits per heavy atom. The molecule has 1 aromatic carbocycles. The summed E-state index contributed by atoms with van der Waals surface area (Å²) in [7, 11) is 0. The molecule has 26 heavy (non-hydrogen) atoms. The minimum atomic E-state index is 0.00269. The van der Waals surface area contributed by atoms with Gasteiger partial charge in [0.1, 0.15) is 0 Å². The molecule has 2 saturated heterocycles. The number of benzene rings is 1. The van der Waals surface area contributed by atoms with E-state index in [4.69, 9.17) is 4.74 Å². The van der Waals surface area contributed by atoms with Crippen molar-refractivity contribution in [2.45, 2.75) is 26.7 Å². The third-order valence-corrected chi connectivity index (χ3v) is 5.50. The van der Waals surface area contributed by atoms with Crippen molar-refractivity contribution in [3.8, 4) is 0 Å². The number of carbonyl (C=O) groups excluding carboxylic acids is 2. The first-order valence-corrected chi connectivity index (χ1v) is 9.49. The highest BCUT2D eigenvalue weighted by molar-refractivity contribution is 5.93. The lowest BCUT2D eigenvalue weighted by molar-refractivity contribution is -0.140. The first-order chi connectivity index (χ1) is 12.5. The lowest BCUT2D eigenvalue weighted by Gasteiger charge is -2.36. The fourth-order valence-electron chi connectivity index (χ4n) is 3.61. The van der Waals surface area contributed by atoms with Crippen molar-refractivity contribution in [1.82, 2.24) is 9.80 Å². The molecule has 0 radical (unpaired) electrons. The van der Waals surface area contributed by atoms with E-state index >= 15 is 0 Å². The Labute approximate surface area is 155 Å². The molecule has 1 N–H and O–H groups in total. The van der Waals surface area contributed by atoms with Crippen LogP contribution in [0.1, 0.15) is 24.0 Å². The van der Waals surface area contributed by atoms with E-state index in [-0.39, 0.29) is 17.7 Å². The number of carbonyl (C=O) groups is 2. The zero-order valence-corrected chi connectivity index (χ0v) is 15.8. The molecule has 142 valence electrons. The number of rotatable bonds is 4. The summed E-state index contributed by atoms with van der Waals surface area (Å²) in [6.45, 7) is 8.70. The Morgan fingerprint density at radius 2 is 1.81 bits per heavy atom. The molecule has 2 fully saturated rings. The van der Waals surface area contributed by atoms with Crippen LogP contribution in [-0.4, -0.2) is 67.6 Å². The number of hydrogen-bond donors (Lipinski definition) is 1. The molecule has 0 atom stereocenters. The molecular weight excluding hydrogens is 330 g/mol. The second-order valence-corrected chi connectivity index (χ2v) is 7.28. The van der Waals surface area contributed by atoms with Gasteiger partial charge in [0.25, 0.3) is 0 Å². The minimum absolute atomic E-state index is 0.00269. The Morgan fingerprint density at radius 1 is 1.12 bits per heavy atom. The molecule has 6 nitrogen and oxygen atoms in total. The molecule has 0 unspecified atom stereocenters. The summed E-state index contributed by atoms with van der Waals surface area (Å²) in [5.41, 5.74) is 3.15. The van der Waals surface area contributed by atoms with Gasteiger partial charge >= 0.3 is 0 Å². The second-order valence-electron chi connectivity index (χ2n) is 7.28. The zero-order valence-electron chi connectivity index (χ0n) is 15.8. The van der Waals surface area contributed by atoms with E-state index in [1.165, 1.54) is 5.56 Å². The van der Waals surface area contributed by atoms with Gasteiger partial charge in [-0.25, -0.2) is 0 Å². The molecule has 0 bridgehead atoms. The molecule has 0 aliphatic carbocycles. The van der Waals surface area contributed by atoms with Crippen molar-refractivity contribution in [3.63, 3.8) is 0 Å². The van der Waals surface area contributed by atoms with Crippen molar-refractivity contribution >= 4 is 17.5 Å². The molecule has 1 aromatic rings. The van der Waals surface area contributed by atoms with E-state index in [9.17, 15) is 9.59 Å². The number of nitrogens with one attached hydrogen (secondary N) is 1. The van der Waals surface area contributed by atoms with E-state index in [1.54, 1.807) is 0 Å². The Balaban J connectivity index is 1.45. The van der Waals surface area contributed by atoms with Gasteiger partial charge in [-0.3, -0.25) is 14.5 Å². The van der Waals surface area contributed by atoms with Crippen molar-refractivity contribution in [2.75, 3.05) is 51.3 Å². The maximum atomic E-state index is 12.6. The molecule has 6 heteroatoms. The van der Waals surface area contributed by atoms with Gasteiger partial charge in [-0.05, 0) is 43.9 Å². The van der Waals surface area contributed by atoms with Gasteiger partial charge < -0.3 is 15.0 Å². The number of hydrogen-bond acceptors (Lipinski definition) is 4. The highest BCUT2D eigenvalue weighted by atomic mass is 16.5. The molecule has 2 aliphatic heterocycles. The van der Waals surface area contributed by atoms with E-state index in [1.807, 2.05) is 36.9 Å². The largest absolute Gasteiger partial charge is 0.381 e. The van der Waals surface area contributed by atoms with Gasteiger partial charge in [-0.2, -0.15) is 0 Å². The Hall–Kier alpha value is -1.92. The summed E-state index contributed by atoms with van der Waals surface area (Å²) in [6.07, 6.45) is 1.66. The monoisotopic (exact) mass is 359 g/mol. The van der Waals surface area contributed by atoms with Crippen LogP contribution in [0.5, 0.6) is 0 Å². The zero-order chi connectivity index (χ0) is 18.5. The fraction of sp³-hybridized carbons (Fsp3) is 0.600.